The molecule has 0 saturated carbocycles. The van der Waals surface area contributed by atoms with Crippen LogP contribution < -0.4 is 5.32 Å². The van der Waals surface area contributed by atoms with Crippen LogP contribution >= 0.6 is 0 Å². The Labute approximate surface area is 148 Å². The minimum atomic E-state index is 0.683. The van der Waals surface area contributed by atoms with Gasteiger partial charge in [-0.15, -0.1) is 0 Å². The van der Waals surface area contributed by atoms with E-state index in [4.69, 9.17) is 4.74 Å². The van der Waals surface area contributed by atoms with Gasteiger partial charge in [-0.3, -0.25) is 5.10 Å². The predicted octanol–water partition coefficient (Wildman–Crippen LogP) is 3.46. The number of ether oxygens (including phenoxy) is 1. The lowest BCUT2D eigenvalue weighted by atomic mass is 9.98. The number of hydrogen-bond acceptors (Lipinski definition) is 4. The van der Waals surface area contributed by atoms with E-state index in [9.17, 15) is 0 Å². The zero-order chi connectivity index (χ0) is 17.2. The van der Waals surface area contributed by atoms with E-state index in [2.05, 4.69) is 64.3 Å². The van der Waals surface area contributed by atoms with Crippen molar-refractivity contribution in [2.45, 2.75) is 26.3 Å². The lowest BCUT2D eigenvalue weighted by Crippen LogP contribution is -2.32. The Morgan fingerprint density at radius 1 is 1.36 bits per heavy atom. The number of benzene rings is 1. The molecule has 0 fully saturated rings. The van der Waals surface area contributed by atoms with Crippen molar-refractivity contribution in [2.24, 2.45) is 0 Å². The standard InChI is InChI=1S/C20H24N4O/c1-14-4-3-5-17(12-14)21-15(2)24-9-6-19-18(13-24)20(23-22-19)16-7-10-25-11-8-16/h3-5,7,12,21H,2,6,8-11,13H2,1H3,(H,22,23). The van der Waals surface area contributed by atoms with Crippen LogP contribution in [0.5, 0.6) is 0 Å². The summed E-state index contributed by atoms with van der Waals surface area (Å²) in [5.74, 6) is 0.935. The lowest BCUT2D eigenvalue weighted by molar-refractivity contribution is 0.161. The number of aryl methyl sites for hydroxylation is 1. The zero-order valence-electron chi connectivity index (χ0n) is 14.6. The van der Waals surface area contributed by atoms with Crippen molar-refractivity contribution in [3.8, 4) is 0 Å². The van der Waals surface area contributed by atoms with Gasteiger partial charge in [0, 0.05) is 36.5 Å². The molecule has 2 N–H and O–H groups in total. The van der Waals surface area contributed by atoms with Crippen LogP contribution in [0.3, 0.4) is 0 Å². The number of H-pyrrole nitrogens is 1. The van der Waals surface area contributed by atoms with Gasteiger partial charge < -0.3 is 15.0 Å². The first-order valence-electron chi connectivity index (χ1n) is 8.81. The summed E-state index contributed by atoms with van der Waals surface area (Å²) in [6.45, 7) is 9.58. The SMILES string of the molecule is C=C(Nc1cccc(C)c1)N1CCc2[nH]nc(C3=CCOCC3)c2C1. The van der Waals surface area contributed by atoms with Crippen LogP contribution in [-0.2, 0) is 17.7 Å². The molecule has 0 unspecified atom stereocenters. The van der Waals surface area contributed by atoms with Crippen molar-refractivity contribution < 1.29 is 4.74 Å². The average molecular weight is 336 g/mol. The predicted molar refractivity (Wildman–Crippen MR) is 100 cm³/mol. The van der Waals surface area contributed by atoms with E-state index in [1.54, 1.807) is 0 Å². The topological polar surface area (TPSA) is 53.2 Å². The van der Waals surface area contributed by atoms with Gasteiger partial charge in [0.25, 0.3) is 0 Å². The van der Waals surface area contributed by atoms with Gasteiger partial charge in [0.2, 0.25) is 0 Å². The third-order valence-electron chi connectivity index (χ3n) is 4.89. The highest BCUT2D eigenvalue weighted by atomic mass is 16.5. The molecule has 5 nitrogen and oxygen atoms in total. The van der Waals surface area contributed by atoms with E-state index < -0.39 is 0 Å². The van der Waals surface area contributed by atoms with Crippen molar-refractivity contribution in [3.05, 3.63) is 65.3 Å². The number of anilines is 1. The molecule has 2 aromatic rings. The number of aromatic amines is 1. The Hall–Kier alpha value is -2.53. The molecule has 0 spiro atoms. The number of nitrogens with zero attached hydrogens (tertiary/aromatic N) is 2. The highest BCUT2D eigenvalue weighted by Gasteiger charge is 2.24. The Morgan fingerprint density at radius 3 is 3.08 bits per heavy atom. The summed E-state index contributed by atoms with van der Waals surface area (Å²) in [6.07, 6.45) is 4.04. The summed E-state index contributed by atoms with van der Waals surface area (Å²) in [5, 5.41) is 11.3. The van der Waals surface area contributed by atoms with Crippen LogP contribution in [0.15, 0.2) is 42.7 Å². The number of nitrogens with one attached hydrogen (secondary N) is 2. The number of fused-ring (bicyclic) bond motifs is 1. The second-order valence-electron chi connectivity index (χ2n) is 6.70. The van der Waals surface area contributed by atoms with Gasteiger partial charge in [-0.25, -0.2) is 0 Å². The molecule has 0 bridgehead atoms. The number of rotatable bonds is 4. The molecule has 1 aromatic heterocycles. The summed E-state index contributed by atoms with van der Waals surface area (Å²) < 4.78 is 5.43. The molecule has 4 rings (SSSR count). The second-order valence-corrected chi connectivity index (χ2v) is 6.70. The molecule has 25 heavy (non-hydrogen) atoms. The summed E-state index contributed by atoms with van der Waals surface area (Å²) >= 11 is 0. The van der Waals surface area contributed by atoms with E-state index in [0.29, 0.717) is 6.61 Å². The van der Waals surface area contributed by atoms with Gasteiger partial charge in [0.15, 0.2) is 0 Å². The van der Waals surface area contributed by atoms with E-state index in [1.807, 2.05) is 0 Å². The van der Waals surface area contributed by atoms with Crippen LogP contribution in [-0.4, -0.2) is 34.9 Å². The molecular formula is C20H24N4O. The Kier molecular flexibility index (Phi) is 4.32. The van der Waals surface area contributed by atoms with E-state index in [0.717, 1.165) is 49.7 Å². The number of hydrogen-bond donors (Lipinski definition) is 2. The third-order valence-corrected chi connectivity index (χ3v) is 4.89. The number of aromatic nitrogens is 2. The zero-order valence-corrected chi connectivity index (χ0v) is 14.6. The van der Waals surface area contributed by atoms with Gasteiger partial charge >= 0.3 is 0 Å². The van der Waals surface area contributed by atoms with Gasteiger partial charge in [0.1, 0.15) is 0 Å². The fourth-order valence-electron chi connectivity index (χ4n) is 3.50. The summed E-state index contributed by atoms with van der Waals surface area (Å²) in [6, 6.07) is 8.37. The van der Waals surface area contributed by atoms with Gasteiger partial charge in [-0.1, -0.05) is 24.8 Å². The van der Waals surface area contributed by atoms with Crippen LogP contribution in [0.2, 0.25) is 0 Å². The maximum atomic E-state index is 5.43. The smallest absolute Gasteiger partial charge is 0.0986 e. The van der Waals surface area contributed by atoms with Crippen molar-refractivity contribution in [3.63, 3.8) is 0 Å². The van der Waals surface area contributed by atoms with Crippen molar-refractivity contribution in [1.29, 1.82) is 0 Å². The van der Waals surface area contributed by atoms with Crippen molar-refractivity contribution in [2.75, 3.05) is 25.1 Å². The van der Waals surface area contributed by atoms with Crippen LogP contribution in [0.25, 0.3) is 5.57 Å². The van der Waals surface area contributed by atoms with Gasteiger partial charge in [0.05, 0.1) is 24.7 Å². The largest absolute Gasteiger partial charge is 0.377 e. The maximum Gasteiger partial charge on any atom is 0.0986 e. The van der Waals surface area contributed by atoms with Gasteiger partial charge in [-0.05, 0) is 36.6 Å². The molecular weight excluding hydrogens is 312 g/mol. The first-order chi connectivity index (χ1) is 12.2. The third kappa shape index (κ3) is 3.33. The van der Waals surface area contributed by atoms with Crippen molar-refractivity contribution in [1.82, 2.24) is 15.1 Å². The Morgan fingerprint density at radius 2 is 2.28 bits per heavy atom. The molecule has 0 atom stereocenters. The first-order valence-corrected chi connectivity index (χ1v) is 8.81. The summed E-state index contributed by atoms with van der Waals surface area (Å²) in [4.78, 5) is 2.30. The monoisotopic (exact) mass is 336 g/mol. The molecule has 0 radical (unpaired) electrons. The molecule has 0 aliphatic carbocycles. The molecule has 2 aliphatic rings. The van der Waals surface area contributed by atoms with Crippen LogP contribution in [0.1, 0.15) is 28.9 Å². The fourth-order valence-corrected chi connectivity index (χ4v) is 3.50. The summed E-state index contributed by atoms with van der Waals surface area (Å²) in [7, 11) is 0. The Balaban J connectivity index is 1.51. The minimum absolute atomic E-state index is 0.683. The van der Waals surface area contributed by atoms with E-state index >= 15 is 0 Å². The normalized spacial score (nSPS) is 17.0. The molecule has 0 saturated heterocycles. The molecule has 1 aromatic carbocycles. The summed E-state index contributed by atoms with van der Waals surface area (Å²) in [5.41, 5.74) is 7.26. The van der Waals surface area contributed by atoms with Crippen molar-refractivity contribution >= 4 is 11.3 Å². The minimum Gasteiger partial charge on any atom is -0.377 e. The molecule has 2 aliphatic heterocycles. The lowest BCUT2D eigenvalue weighted by Gasteiger charge is -2.31. The molecule has 0 amide bonds. The highest BCUT2D eigenvalue weighted by molar-refractivity contribution is 5.67. The molecule has 5 heteroatoms. The van der Waals surface area contributed by atoms with E-state index in [1.165, 1.54) is 22.4 Å². The Bertz CT molecular complexity index is 821. The second kappa shape index (κ2) is 6.76. The maximum absolute atomic E-state index is 5.43. The quantitative estimate of drug-likeness (QED) is 0.898. The molecule has 130 valence electrons. The highest BCUT2D eigenvalue weighted by Crippen LogP contribution is 2.29. The van der Waals surface area contributed by atoms with Gasteiger partial charge in [-0.2, -0.15) is 5.10 Å². The molecule has 3 heterocycles. The average Bonchev–Trinajstić information content (AvgIpc) is 3.05. The fraction of sp³-hybridized carbons (Fsp3) is 0.350. The first kappa shape index (κ1) is 16.0. The van der Waals surface area contributed by atoms with Crippen LogP contribution in [0.4, 0.5) is 5.69 Å². The van der Waals surface area contributed by atoms with Crippen LogP contribution in [0, 0.1) is 6.92 Å². The van der Waals surface area contributed by atoms with E-state index in [-0.39, 0.29) is 0 Å².